The zero-order valence-corrected chi connectivity index (χ0v) is 16.9. The molecule has 1 aliphatic heterocycles. The quantitative estimate of drug-likeness (QED) is 0.654. The van der Waals surface area contributed by atoms with Crippen LogP contribution >= 0.6 is 0 Å². The van der Waals surface area contributed by atoms with Crippen molar-refractivity contribution < 1.29 is 18.8 Å². The minimum absolute atomic E-state index is 0.0139. The van der Waals surface area contributed by atoms with Gasteiger partial charge in [-0.3, -0.25) is 4.79 Å². The van der Waals surface area contributed by atoms with Gasteiger partial charge >= 0.3 is 0 Å². The average Bonchev–Trinajstić information content (AvgIpc) is 3.33. The first kappa shape index (κ1) is 19.0. The smallest absolute Gasteiger partial charge is 0.257 e. The summed E-state index contributed by atoms with van der Waals surface area (Å²) in [4.78, 5) is 18.9. The Morgan fingerprint density at radius 2 is 1.76 bits per heavy atom. The number of carbonyl (C=O) groups excluding carboxylic acids is 1. The summed E-state index contributed by atoms with van der Waals surface area (Å²) in [5.74, 6) is 2.12. The van der Waals surface area contributed by atoms with E-state index in [2.05, 4.69) is 16.2 Å². The third-order valence-electron chi connectivity index (χ3n) is 5.08. The van der Waals surface area contributed by atoms with Gasteiger partial charge in [0.05, 0.1) is 14.2 Å². The maximum atomic E-state index is 12.6. The lowest BCUT2D eigenvalue weighted by Crippen LogP contribution is -2.24. The molecule has 2 aromatic carbocycles. The number of benzene rings is 2. The third-order valence-corrected chi connectivity index (χ3v) is 5.08. The lowest BCUT2D eigenvalue weighted by molar-refractivity contribution is -0.117. The van der Waals surface area contributed by atoms with Crippen molar-refractivity contribution in [1.29, 1.82) is 0 Å². The molecular weight excluding hydrogens is 370 g/mol. The Bertz CT molecular complexity index is 1040. The van der Waals surface area contributed by atoms with Crippen LogP contribution in [0.5, 0.6) is 11.5 Å². The molecule has 0 spiro atoms. The normalized spacial score (nSPS) is 16.3. The molecule has 1 aromatic heterocycles. The number of hydrogen-bond donors (Lipinski definition) is 0. The first-order valence-electron chi connectivity index (χ1n) is 9.43. The highest BCUT2D eigenvalue weighted by Crippen LogP contribution is 2.36. The molecular formula is C22H23N3O4. The first-order chi connectivity index (χ1) is 14.0. The Kier molecular flexibility index (Phi) is 4.96. The molecule has 7 nitrogen and oxygen atoms in total. The van der Waals surface area contributed by atoms with Crippen molar-refractivity contribution in [3.8, 4) is 23.0 Å². The molecule has 0 saturated carbocycles. The lowest BCUT2D eigenvalue weighted by Gasteiger charge is -2.18. The van der Waals surface area contributed by atoms with Crippen LogP contribution in [0.1, 0.15) is 29.3 Å². The summed E-state index contributed by atoms with van der Waals surface area (Å²) >= 11 is 0. The van der Waals surface area contributed by atoms with E-state index in [4.69, 9.17) is 14.0 Å². The molecule has 2 heterocycles. The summed E-state index contributed by atoms with van der Waals surface area (Å²) < 4.78 is 16.1. The third kappa shape index (κ3) is 3.68. The fraction of sp³-hybridized carbons (Fsp3) is 0.318. The highest BCUT2D eigenvalue weighted by molar-refractivity contribution is 5.96. The Morgan fingerprint density at radius 3 is 2.45 bits per heavy atom. The molecule has 1 atom stereocenters. The van der Waals surface area contributed by atoms with Gasteiger partial charge in [-0.25, -0.2) is 0 Å². The van der Waals surface area contributed by atoms with Crippen LogP contribution in [0, 0.1) is 13.8 Å². The number of carbonyl (C=O) groups is 1. The van der Waals surface area contributed by atoms with E-state index in [0.29, 0.717) is 36.2 Å². The largest absolute Gasteiger partial charge is 0.493 e. The molecule has 0 aliphatic carbocycles. The predicted octanol–water partition coefficient (Wildman–Crippen LogP) is 3.89. The van der Waals surface area contributed by atoms with E-state index in [1.807, 2.05) is 32.0 Å². The van der Waals surface area contributed by atoms with Crippen LogP contribution < -0.4 is 14.4 Å². The Hall–Kier alpha value is -3.35. The number of ether oxygens (including phenoxy) is 2. The second kappa shape index (κ2) is 7.58. The fourth-order valence-electron chi connectivity index (χ4n) is 3.74. The number of methoxy groups -OCH3 is 2. The van der Waals surface area contributed by atoms with Crippen LogP contribution in [0.25, 0.3) is 11.5 Å². The summed E-state index contributed by atoms with van der Waals surface area (Å²) in [6.45, 7) is 4.55. The number of rotatable bonds is 5. The molecule has 0 radical (unpaired) electrons. The first-order valence-corrected chi connectivity index (χ1v) is 9.43. The average molecular weight is 393 g/mol. The number of anilines is 1. The maximum Gasteiger partial charge on any atom is 0.257 e. The van der Waals surface area contributed by atoms with Crippen molar-refractivity contribution in [3.63, 3.8) is 0 Å². The van der Waals surface area contributed by atoms with Gasteiger partial charge < -0.3 is 18.9 Å². The van der Waals surface area contributed by atoms with Crippen molar-refractivity contribution in [2.75, 3.05) is 25.7 Å². The van der Waals surface area contributed by atoms with E-state index in [0.717, 1.165) is 22.4 Å². The minimum atomic E-state index is -0.126. The summed E-state index contributed by atoms with van der Waals surface area (Å²) in [7, 11) is 3.15. The summed E-state index contributed by atoms with van der Waals surface area (Å²) in [5, 5.41) is 4.15. The van der Waals surface area contributed by atoms with Crippen molar-refractivity contribution in [2.45, 2.75) is 26.2 Å². The van der Waals surface area contributed by atoms with E-state index >= 15 is 0 Å². The van der Waals surface area contributed by atoms with Gasteiger partial charge in [0.15, 0.2) is 17.3 Å². The van der Waals surface area contributed by atoms with Crippen molar-refractivity contribution in [3.05, 3.63) is 53.3 Å². The highest BCUT2D eigenvalue weighted by atomic mass is 16.5. The van der Waals surface area contributed by atoms with Crippen LogP contribution in [-0.4, -0.2) is 36.8 Å². The molecule has 29 heavy (non-hydrogen) atoms. The van der Waals surface area contributed by atoms with Crippen LogP contribution in [0.15, 0.2) is 40.9 Å². The second-order valence-electron chi connectivity index (χ2n) is 7.28. The highest BCUT2D eigenvalue weighted by Gasteiger charge is 2.35. The number of aryl methyl sites for hydroxylation is 2. The molecule has 7 heteroatoms. The fourth-order valence-corrected chi connectivity index (χ4v) is 3.74. The molecule has 150 valence electrons. The maximum absolute atomic E-state index is 12.6. The van der Waals surface area contributed by atoms with Crippen LogP contribution in [0.2, 0.25) is 0 Å². The van der Waals surface area contributed by atoms with Crippen LogP contribution in [0.4, 0.5) is 5.69 Å². The van der Waals surface area contributed by atoms with Gasteiger partial charge in [0, 0.05) is 36.2 Å². The van der Waals surface area contributed by atoms with Gasteiger partial charge in [0.2, 0.25) is 5.91 Å². The minimum Gasteiger partial charge on any atom is -0.493 e. The molecule has 1 unspecified atom stereocenters. The van der Waals surface area contributed by atoms with Gasteiger partial charge in [-0.15, -0.1) is 0 Å². The monoisotopic (exact) mass is 393 g/mol. The Morgan fingerprint density at radius 1 is 1.03 bits per heavy atom. The van der Waals surface area contributed by atoms with Gasteiger partial charge in [0.1, 0.15) is 0 Å². The van der Waals surface area contributed by atoms with Gasteiger partial charge in [0.25, 0.3) is 5.89 Å². The topological polar surface area (TPSA) is 77.7 Å². The number of nitrogens with zero attached hydrogens (tertiary/aromatic N) is 3. The van der Waals surface area contributed by atoms with Crippen molar-refractivity contribution >= 4 is 11.6 Å². The van der Waals surface area contributed by atoms with Crippen LogP contribution in [0.3, 0.4) is 0 Å². The van der Waals surface area contributed by atoms with Crippen LogP contribution in [-0.2, 0) is 4.79 Å². The molecule has 4 rings (SSSR count). The number of amides is 1. The van der Waals surface area contributed by atoms with Gasteiger partial charge in [-0.05, 0) is 38.1 Å². The number of aromatic nitrogens is 2. The molecule has 1 fully saturated rings. The zero-order chi connectivity index (χ0) is 20.5. The molecule has 1 saturated heterocycles. The lowest BCUT2D eigenvalue weighted by atomic mass is 10.1. The van der Waals surface area contributed by atoms with Gasteiger partial charge in [-0.2, -0.15) is 4.98 Å². The van der Waals surface area contributed by atoms with Crippen molar-refractivity contribution in [2.24, 2.45) is 0 Å². The van der Waals surface area contributed by atoms with E-state index in [1.165, 1.54) is 0 Å². The van der Waals surface area contributed by atoms with Crippen molar-refractivity contribution in [1.82, 2.24) is 10.1 Å². The SMILES string of the molecule is COc1ccc(N2CC(c3noc(-c4cc(C)cc(C)c4)n3)CC2=O)cc1OC. The summed E-state index contributed by atoms with van der Waals surface area (Å²) in [5.41, 5.74) is 3.92. The van der Waals surface area contributed by atoms with E-state index in [9.17, 15) is 4.79 Å². The molecule has 0 bridgehead atoms. The van der Waals surface area contributed by atoms with E-state index < -0.39 is 0 Å². The molecule has 1 aliphatic rings. The summed E-state index contributed by atoms with van der Waals surface area (Å²) in [6.07, 6.45) is 0.333. The summed E-state index contributed by atoms with van der Waals surface area (Å²) in [6, 6.07) is 11.6. The zero-order valence-electron chi connectivity index (χ0n) is 16.9. The molecule has 3 aromatic rings. The standard InChI is InChI=1S/C22H23N3O4/c1-13-7-14(2)9-15(8-13)22-23-21(24-29-22)16-10-20(26)25(12-16)17-5-6-18(27-3)19(11-17)28-4/h5-9,11,16H,10,12H2,1-4H3. The number of hydrogen-bond acceptors (Lipinski definition) is 6. The molecule has 1 amide bonds. The van der Waals surface area contributed by atoms with Gasteiger partial charge in [-0.1, -0.05) is 22.3 Å². The van der Waals surface area contributed by atoms with E-state index in [-0.39, 0.29) is 11.8 Å². The Balaban J connectivity index is 1.56. The predicted molar refractivity (Wildman–Crippen MR) is 108 cm³/mol. The Labute approximate surface area is 169 Å². The van der Waals surface area contributed by atoms with E-state index in [1.54, 1.807) is 31.3 Å². The molecule has 0 N–H and O–H groups in total. The second-order valence-corrected chi connectivity index (χ2v) is 7.28.